The highest BCUT2D eigenvalue weighted by Gasteiger charge is 2.23. The number of esters is 1. The summed E-state index contributed by atoms with van der Waals surface area (Å²) in [6.07, 6.45) is 2.96. The average Bonchev–Trinajstić information content (AvgIpc) is 3.11. The highest BCUT2D eigenvalue weighted by Crippen LogP contribution is 2.23. The number of pyridine rings is 1. The van der Waals surface area contributed by atoms with E-state index in [0.717, 1.165) is 12.1 Å². The molecule has 0 radical (unpaired) electrons. The summed E-state index contributed by atoms with van der Waals surface area (Å²) in [5.41, 5.74) is 0.714. The first-order valence-corrected chi connectivity index (χ1v) is 8.77. The molecule has 0 unspecified atom stereocenters. The number of ether oxygens (including phenoxy) is 1. The molecule has 29 heavy (non-hydrogen) atoms. The third-order valence-corrected chi connectivity index (χ3v) is 3.92. The van der Waals surface area contributed by atoms with Gasteiger partial charge in [-0.25, -0.2) is 23.2 Å². The Hall–Kier alpha value is -3.62. The van der Waals surface area contributed by atoms with Gasteiger partial charge in [-0.15, -0.1) is 0 Å². The van der Waals surface area contributed by atoms with E-state index in [4.69, 9.17) is 4.74 Å². The van der Waals surface area contributed by atoms with Gasteiger partial charge >= 0.3 is 5.97 Å². The second kappa shape index (κ2) is 8.59. The second-order valence-corrected chi connectivity index (χ2v) is 6.48. The lowest BCUT2D eigenvalue weighted by molar-refractivity contribution is -0.119. The smallest absolute Gasteiger partial charge is 0.342 e. The topological polar surface area (TPSA) is 86.1 Å². The molecular formula is C20H18F2N4O3. The Kier molecular flexibility index (Phi) is 5.96. The van der Waals surface area contributed by atoms with Gasteiger partial charge in [-0.2, -0.15) is 5.10 Å². The zero-order chi connectivity index (χ0) is 21.0. The maximum absolute atomic E-state index is 13.2. The number of halogens is 2. The quantitative estimate of drug-likeness (QED) is 0.641. The van der Waals surface area contributed by atoms with Crippen molar-refractivity contribution in [2.75, 3.05) is 11.9 Å². The van der Waals surface area contributed by atoms with Crippen molar-refractivity contribution in [3.05, 3.63) is 71.7 Å². The van der Waals surface area contributed by atoms with Gasteiger partial charge in [-0.1, -0.05) is 19.9 Å². The minimum absolute atomic E-state index is 0.0746. The lowest BCUT2D eigenvalue weighted by Crippen LogP contribution is -2.21. The summed E-state index contributed by atoms with van der Waals surface area (Å²) >= 11 is 0. The van der Waals surface area contributed by atoms with Crippen LogP contribution in [-0.2, 0) is 9.53 Å². The van der Waals surface area contributed by atoms with Gasteiger partial charge in [0, 0.05) is 18.0 Å². The number of hydrogen-bond donors (Lipinski definition) is 1. The predicted molar refractivity (Wildman–Crippen MR) is 101 cm³/mol. The van der Waals surface area contributed by atoms with Crippen LogP contribution in [0.5, 0.6) is 0 Å². The fraction of sp³-hybridized carbons (Fsp3) is 0.200. The number of amides is 1. The summed E-state index contributed by atoms with van der Waals surface area (Å²) in [5, 5.41) is 6.48. The molecular weight excluding hydrogens is 382 g/mol. The number of hydrogen-bond acceptors (Lipinski definition) is 5. The number of carbonyl (C=O) groups is 2. The third-order valence-electron chi connectivity index (χ3n) is 3.92. The van der Waals surface area contributed by atoms with Crippen LogP contribution in [0, 0.1) is 11.6 Å². The molecule has 0 saturated heterocycles. The number of aromatic nitrogens is 3. The standard InChI is InChI=1S/C20H18F2N4O3/c1-12(2)19-16(10-24-26(19)17-5-3-4-6-23-17)20(28)29-11-18(27)25-15-8-13(21)7-14(22)9-15/h3-10,12H,11H2,1-2H3,(H,25,27). The second-order valence-electron chi connectivity index (χ2n) is 6.48. The molecule has 2 heterocycles. The molecule has 1 N–H and O–H groups in total. The molecule has 9 heteroatoms. The van der Waals surface area contributed by atoms with E-state index in [1.807, 2.05) is 13.8 Å². The van der Waals surface area contributed by atoms with Gasteiger partial charge < -0.3 is 10.1 Å². The number of nitrogens with zero attached hydrogens (tertiary/aromatic N) is 3. The van der Waals surface area contributed by atoms with Crippen molar-refractivity contribution in [3.8, 4) is 5.82 Å². The van der Waals surface area contributed by atoms with Crippen LogP contribution in [-0.4, -0.2) is 33.2 Å². The lowest BCUT2D eigenvalue weighted by Gasteiger charge is -2.12. The van der Waals surface area contributed by atoms with Crippen LogP contribution in [0.3, 0.4) is 0 Å². The SMILES string of the molecule is CC(C)c1c(C(=O)OCC(=O)Nc2cc(F)cc(F)c2)cnn1-c1ccccn1. The van der Waals surface area contributed by atoms with Gasteiger partial charge in [0.1, 0.15) is 17.2 Å². The molecule has 0 aliphatic rings. The third kappa shape index (κ3) is 4.81. The van der Waals surface area contributed by atoms with Gasteiger partial charge in [0.2, 0.25) is 0 Å². The molecule has 1 amide bonds. The van der Waals surface area contributed by atoms with E-state index in [1.54, 1.807) is 24.4 Å². The van der Waals surface area contributed by atoms with Crippen molar-refractivity contribution in [2.45, 2.75) is 19.8 Å². The molecule has 7 nitrogen and oxygen atoms in total. The minimum Gasteiger partial charge on any atom is -0.452 e. The van der Waals surface area contributed by atoms with Crippen molar-refractivity contribution >= 4 is 17.6 Å². The molecule has 0 atom stereocenters. The van der Waals surface area contributed by atoms with Gasteiger partial charge in [0.25, 0.3) is 5.91 Å². The fourth-order valence-electron chi connectivity index (χ4n) is 2.76. The molecule has 0 bridgehead atoms. The first kappa shape index (κ1) is 20.1. The Morgan fingerprint density at radius 2 is 1.90 bits per heavy atom. The monoisotopic (exact) mass is 400 g/mol. The van der Waals surface area contributed by atoms with E-state index in [1.165, 1.54) is 10.9 Å². The molecule has 3 rings (SSSR count). The molecule has 3 aromatic rings. The van der Waals surface area contributed by atoms with Crippen LogP contribution in [0.15, 0.2) is 48.8 Å². The highest BCUT2D eigenvalue weighted by molar-refractivity contribution is 5.96. The van der Waals surface area contributed by atoms with Crippen molar-refractivity contribution in [1.82, 2.24) is 14.8 Å². The normalized spacial score (nSPS) is 10.8. The van der Waals surface area contributed by atoms with Gasteiger partial charge in [-0.05, 0) is 30.2 Å². The summed E-state index contributed by atoms with van der Waals surface area (Å²) in [6.45, 7) is 3.15. The van der Waals surface area contributed by atoms with E-state index >= 15 is 0 Å². The highest BCUT2D eigenvalue weighted by atomic mass is 19.1. The van der Waals surface area contributed by atoms with E-state index in [2.05, 4.69) is 15.4 Å². The van der Waals surface area contributed by atoms with E-state index in [0.29, 0.717) is 17.6 Å². The van der Waals surface area contributed by atoms with E-state index < -0.39 is 30.1 Å². The van der Waals surface area contributed by atoms with Gasteiger partial charge in [0.05, 0.1) is 11.9 Å². The average molecular weight is 400 g/mol. The van der Waals surface area contributed by atoms with Crippen LogP contribution in [0.1, 0.15) is 35.8 Å². The number of rotatable bonds is 6. The summed E-state index contributed by atoms with van der Waals surface area (Å²) in [6, 6.07) is 7.90. The fourth-order valence-corrected chi connectivity index (χ4v) is 2.76. The molecule has 0 spiro atoms. The van der Waals surface area contributed by atoms with Crippen molar-refractivity contribution < 1.29 is 23.1 Å². The van der Waals surface area contributed by atoms with E-state index in [9.17, 15) is 18.4 Å². The molecule has 150 valence electrons. The van der Waals surface area contributed by atoms with Gasteiger partial charge in [0.15, 0.2) is 12.4 Å². The van der Waals surface area contributed by atoms with Crippen LogP contribution in [0.4, 0.5) is 14.5 Å². The predicted octanol–water partition coefficient (Wildman–Crippen LogP) is 3.46. The van der Waals surface area contributed by atoms with Crippen LogP contribution < -0.4 is 5.32 Å². The molecule has 2 aromatic heterocycles. The number of benzene rings is 1. The maximum atomic E-state index is 13.2. The molecule has 0 saturated carbocycles. The first-order valence-electron chi connectivity index (χ1n) is 8.77. The molecule has 1 aromatic carbocycles. The number of anilines is 1. The minimum atomic E-state index is -0.833. The van der Waals surface area contributed by atoms with Crippen molar-refractivity contribution in [3.63, 3.8) is 0 Å². The van der Waals surface area contributed by atoms with E-state index in [-0.39, 0.29) is 17.2 Å². The Labute approximate surface area is 165 Å². The summed E-state index contributed by atoms with van der Waals surface area (Å²) in [7, 11) is 0. The number of nitrogens with one attached hydrogen (secondary N) is 1. The lowest BCUT2D eigenvalue weighted by atomic mass is 10.1. The number of carbonyl (C=O) groups excluding carboxylic acids is 2. The van der Waals surface area contributed by atoms with Crippen LogP contribution in [0.2, 0.25) is 0 Å². The Morgan fingerprint density at radius 3 is 2.52 bits per heavy atom. The maximum Gasteiger partial charge on any atom is 0.342 e. The summed E-state index contributed by atoms with van der Waals surface area (Å²) in [4.78, 5) is 28.7. The Morgan fingerprint density at radius 1 is 1.17 bits per heavy atom. The molecule has 0 aliphatic heterocycles. The Balaban J connectivity index is 1.71. The Bertz CT molecular complexity index is 1020. The summed E-state index contributed by atoms with van der Waals surface area (Å²) in [5.74, 6) is -2.67. The first-order chi connectivity index (χ1) is 13.8. The van der Waals surface area contributed by atoms with Crippen molar-refractivity contribution in [2.24, 2.45) is 0 Å². The zero-order valence-electron chi connectivity index (χ0n) is 15.7. The van der Waals surface area contributed by atoms with Gasteiger partial charge in [-0.3, -0.25) is 4.79 Å². The van der Waals surface area contributed by atoms with Crippen molar-refractivity contribution in [1.29, 1.82) is 0 Å². The zero-order valence-corrected chi connectivity index (χ0v) is 15.7. The van der Waals surface area contributed by atoms with Crippen LogP contribution in [0.25, 0.3) is 5.82 Å². The van der Waals surface area contributed by atoms with Crippen LogP contribution >= 0.6 is 0 Å². The summed E-state index contributed by atoms with van der Waals surface area (Å²) < 4.78 is 33.0. The molecule has 0 fully saturated rings. The molecule has 0 aliphatic carbocycles. The largest absolute Gasteiger partial charge is 0.452 e.